The SMILES string of the molecule is CCCN(OCCNC(=O)OC(C)(C)COC(C)(C)CC(=O)O)C(=O)C1=Cc2sc(CNSC(=O)OC)cc2N=C(N)C1. The lowest BCUT2D eigenvalue weighted by Crippen LogP contribution is -2.42. The Balaban J connectivity index is 1.93. The number of nitrogens with zero attached hydrogens (tertiary/aromatic N) is 2. The normalized spacial score (nSPS) is 13.3. The zero-order chi connectivity index (χ0) is 32.2. The summed E-state index contributed by atoms with van der Waals surface area (Å²) in [6.07, 6.45) is 1.60. The first kappa shape index (κ1) is 36.0. The second-order valence-electron chi connectivity index (χ2n) is 10.7. The summed E-state index contributed by atoms with van der Waals surface area (Å²) in [4.78, 5) is 59.9. The number of nitrogens with one attached hydrogen (secondary N) is 2. The number of methoxy groups -OCH3 is 1. The summed E-state index contributed by atoms with van der Waals surface area (Å²) >= 11 is 2.26. The standard InChI is InChI=1S/C27H41N5O9S2/c1-7-9-32(40-10-8-29-24(36)41-27(4,5)16-39-26(2,3)14-22(33)34)23(35)17-11-20-19(31-21(28)12-17)13-18(42-20)15-30-43-25(37)38-6/h11,13,30H,7-10,12,14-16H2,1-6H3,(H2,28,31)(H,29,36)(H,33,34). The number of aliphatic carboxylic acids is 1. The lowest BCUT2D eigenvalue weighted by atomic mass is 10.0. The summed E-state index contributed by atoms with van der Waals surface area (Å²) in [5, 5.41) is 12.4. The molecule has 240 valence electrons. The number of hydrogen-bond donors (Lipinski definition) is 4. The van der Waals surface area contributed by atoms with Crippen LogP contribution in [0.25, 0.3) is 6.08 Å². The minimum absolute atomic E-state index is 0.00179. The molecule has 0 spiro atoms. The number of carboxylic acids is 1. The van der Waals surface area contributed by atoms with Gasteiger partial charge in [0.15, 0.2) is 0 Å². The van der Waals surface area contributed by atoms with E-state index < -0.39 is 28.6 Å². The Kier molecular flexibility index (Phi) is 13.9. The number of rotatable bonds is 16. The first-order valence-corrected chi connectivity index (χ1v) is 15.2. The summed E-state index contributed by atoms with van der Waals surface area (Å²) in [6, 6.07) is 1.84. The molecule has 2 heterocycles. The van der Waals surface area contributed by atoms with E-state index in [-0.39, 0.29) is 44.3 Å². The number of alkyl carbamates (subject to hydrolysis) is 1. The number of nitrogens with two attached hydrogens (primary N) is 1. The number of hydrogen-bond acceptors (Lipinski definition) is 13. The lowest BCUT2D eigenvalue weighted by molar-refractivity contribution is -0.181. The minimum atomic E-state index is -1.02. The molecular formula is C27H41N5O9S2. The number of aliphatic imine (C=N–C) groups is 1. The van der Waals surface area contributed by atoms with Crippen LogP contribution in [0.1, 0.15) is 63.6 Å². The van der Waals surface area contributed by atoms with Crippen molar-refractivity contribution in [2.75, 3.05) is 33.4 Å². The topological polar surface area (TPSA) is 191 Å². The molecule has 0 saturated heterocycles. The number of carbonyl (C=O) groups is 4. The summed E-state index contributed by atoms with van der Waals surface area (Å²) in [6.45, 7) is 9.25. The summed E-state index contributed by atoms with van der Waals surface area (Å²) < 4.78 is 18.6. The van der Waals surface area contributed by atoms with Crippen LogP contribution in [-0.2, 0) is 35.2 Å². The van der Waals surface area contributed by atoms with Gasteiger partial charge >= 0.3 is 17.4 Å². The first-order chi connectivity index (χ1) is 20.1. The van der Waals surface area contributed by atoms with Crippen LogP contribution in [0.4, 0.5) is 15.3 Å². The number of carbonyl (C=O) groups excluding carboxylic acids is 3. The van der Waals surface area contributed by atoms with Gasteiger partial charge < -0.3 is 30.4 Å². The van der Waals surface area contributed by atoms with Gasteiger partial charge in [-0.3, -0.25) is 14.4 Å². The maximum Gasteiger partial charge on any atom is 0.407 e. The van der Waals surface area contributed by atoms with Crippen molar-refractivity contribution in [1.82, 2.24) is 15.1 Å². The zero-order valence-electron chi connectivity index (χ0n) is 25.3. The van der Waals surface area contributed by atoms with Gasteiger partial charge in [0.25, 0.3) is 5.91 Å². The first-order valence-electron chi connectivity index (χ1n) is 13.6. The molecule has 0 radical (unpaired) electrons. The monoisotopic (exact) mass is 643 g/mol. The fourth-order valence-corrected chi connectivity index (χ4v) is 5.19. The van der Waals surface area contributed by atoms with Crippen LogP contribution < -0.4 is 15.8 Å². The van der Waals surface area contributed by atoms with E-state index in [4.69, 9.17) is 25.2 Å². The van der Waals surface area contributed by atoms with Crippen molar-refractivity contribution in [2.45, 2.75) is 71.6 Å². The molecule has 16 heteroatoms. The highest BCUT2D eigenvalue weighted by Crippen LogP contribution is 2.35. The molecule has 1 aromatic rings. The molecular weight excluding hydrogens is 602 g/mol. The predicted octanol–water partition coefficient (Wildman–Crippen LogP) is 3.97. The molecule has 2 rings (SSSR count). The van der Waals surface area contributed by atoms with Gasteiger partial charge in [0.05, 0.1) is 42.9 Å². The van der Waals surface area contributed by atoms with Crippen molar-refractivity contribution >= 4 is 64.2 Å². The van der Waals surface area contributed by atoms with Gasteiger partial charge in [0, 0.05) is 48.5 Å². The van der Waals surface area contributed by atoms with E-state index in [9.17, 15) is 19.2 Å². The molecule has 0 fully saturated rings. The van der Waals surface area contributed by atoms with Gasteiger partial charge in [-0.15, -0.1) is 11.3 Å². The molecule has 0 aromatic carbocycles. The molecule has 0 unspecified atom stereocenters. The number of thiophene rings is 1. The van der Waals surface area contributed by atoms with E-state index in [0.29, 0.717) is 30.8 Å². The van der Waals surface area contributed by atoms with E-state index in [0.717, 1.165) is 21.7 Å². The van der Waals surface area contributed by atoms with E-state index in [2.05, 4.69) is 19.8 Å². The van der Waals surface area contributed by atoms with Crippen molar-refractivity contribution in [3.8, 4) is 0 Å². The fraction of sp³-hybridized carbons (Fsp3) is 0.593. The summed E-state index contributed by atoms with van der Waals surface area (Å²) in [5.74, 6) is -1.08. The Morgan fingerprint density at radius 3 is 2.58 bits per heavy atom. The molecule has 0 aliphatic carbocycles. The van der Waals surface area contributed by atoms with Crippen LogP contribution in [0.2, 0.25) is 0 Å². The van der Waals surface area contributed by atoms with Crippen LogP contribution >= 0.6 is 23.3 Å². The number of hydroxylamine groups is 2. The van der Waals surface area contributed by atoms with E-state index in [1.807, 2.05) is 13.0 Å². The molecule has 14 nitrogen and oxygen atoms in total. The van der Waals surface area contributed by atoms with Crippen molar-refractivity contribution in [1.29, 1.82) is 0 Å². The average Bonchev–Trinajstić information content (AvgIpc) is 3.20. The van der Waals surface area contributed by atoms with Crippen molar-refractivity contribution in [3.63, 3.8) is 0 Å². The average molecular weight is 644 g/mol. The van der Waals surface area contributed by atoms with Gasteiger partial charge in [-0.2, -0.15) is 0 Å². The molecule has 2 amide bonds. The number of amidine groups is 1. The number of ether oxygens (including phenoxy) is 3. The molecule has 5 N–H and O–H groups in total. The molecule has 1 aromatic heterocycles. The molecule has 1 aliphatic heterocycles. The van der Waals surface area contributed by atoms with Crippen LogP contribution in [0, 0.1) is 0 Å². The van der Waals surface area contributed by atoms with Gasteiger partial charge in [-0.1, -0.05) is 6.92 Å². The van der Waals surface area contributed by atoms with Gasteiger partial charge in [-0.25, -0.2) is 24.4 Å². The Bertz CT molecular complexity index is 1210. The fourth-order valence-electron chi connectivity index (χ4n) is 3.67. The number of fused-ring (bicyclic) bond motifs is 1. The van der Waals surface area contributed by atoms with Crippen LogP contribution in [0.5, 0.6) is 0 Å². The van der Waals surface area contributed by atoms with Crippen LogP contribution in [0.15, 0.2) is 16.6 Å². The Morgan fingerprint density at radius 1 is 1.21 bits per heavy atom. The third-order valence-corrected chi connectivity index (χ3v) is 7.30. The highest BCUT2D eigenvalue weighted by Gasteiger charge is 2.30. The summed E-state index contributed by atoms with van der Waals surface area (Å²) in [5.41, 5.74) is 5.21. The molecule has 0 bridgehead atoms. The van der Waals surface area contributed by atoms with E-state index >= 15 is 0 Å². The third kappa shape index (κ3) is 12.9. The van der Waals surface area contributed by atoms with E-state index in [1.54, 1.807) is 33.8 Å². The Labute approximate surface area is 259 Å². The number of carboxylic acid groups (broad SMARTS) is 1. The number of amides is 2. The molecule has 43 heavy (non-hydrogen) atoms. The smallest absolute Gasteiger partial charge is 0.407 e. The third-order valence-electron chi connectivity index (χ3n) is 5.60. The van der Waals surface area contributed by atoms with Gasteiger partial charge in [-0.05, 0) is 46.3 Å². The predicted molar refractivity (Wildman–Crippen MR) is 164 cm³/mol. The largest absolute Gasteiger partial charge is 0.481 e. The quantitative estimate of drug-likeness (QED) is 0.0878. The summed E-state index contributed by atoms with van der Waals surface area (Å²) in [7, 11) is 1.30. The van der Waals surface area contributed by atoms with Crippen molar-refractivity contribution in [3.05, 3.63) is 21.4 Å². The molecule has 0 atom stereocenters. The second kappa shape index (κ2) is 16.6. The van der Waals surface area contributed by atoms with Gasteiger partial charge in [0.1, 0.15) is 11.4 Å². The van der Waals surface area contributed by atoms with E-state index in [1.165, 1.54) is 23.5 Å². The zero-order valence-corrected chi connectivity index (χ0v) is 26.9. The molecule has 0 saturated carbocycles. The lowest BCUT2D eigenvalue weighted by Gasteiger charge is -2.31. The van der Waals surface area contributed by atoms with Gasteiger partial charge in [0.2, 0.25) is 0 Å². The molecule has 1 aliphatic rings. The van der Waals surface area contributed by atoms with Crippen LogP contribution in [-0.4, -0.2) is 83.9 Å². The van der Waals surface area contributed by atoms with Crippen LogP contribution in [0.3, 0.4) is 0 Å². The maximum absolute atomic E-state index is 13.4. The Morgan fingerprint density at radius 2 is 1.93 bits per heavy atom. The van der Waals surface area contributed by atoms with Crippen molar-refractivity contribution < 1.29 is 43.3 Å². The Hall–Kier alpha value is -3.18. The second-order valence-corrected chi connectivity index (χ2v) is 12.7. The highest BCUT2D eigenvalue weighted by atomic mass is 32.2. The maximum atomic E-state index is 13.4. The van der Waals surface area contributed by atoms with Crippen molar-refractivity contribution in [2.24, 2.45) is 10.7 Å². The minimum Gasteiger partial charge on any atom is -0.481 e. The highest BCUT2D eigenvalue weighted by molar-refractivity contribution is 8.11.